The zero-order valence-electron chi connectivity index (χ0n) is 24.1. The first-order chi connectivity index (χ1) is 20.7. The number of benzene rings is 1. The number of halogens is 1. The van der Waals surface area contributed by atoms with E-state index in [0.717, 1.165) is 18.8 Å². The quantitative estimate of drug-likeness (QED) is 0.302. The van der Waals surface area contributed by atoms with Crippen LogP contribution in [0.4, 0.5) is 17.5 Å². The maximum Gasteiger partial charge on any atom is 0.284 e. The molecular weight excluding hydrogens is 570 g/mol. The second-order valence-corrected chi connectivity index (χ2v) is 11.4. The summed E-state index contributed by atoms with van der Waals surface area (Å²) in [6.45, 7) is 4.26. The molecule has 0 saturated carbocycles. The minimum absolute atomic E-state index is 0.103. The molecule has 43 heavy (non-hydrogen) atoms. The lowest BCUT2D eigenvalue weighted by Gasteiger charge is -2.33. The number of nitrogens with one attached hydrogen (secondary N) is 1. The molecule has 0 spiro atoms. The van der Waals surface area contributed by atoms with Gasteiger partial charge in [-0.15, -0.1) is 0 Å². The highest BCUT2D eigenvalue weighted by Crippen LogP contribution is 2.28. The van der Waals surface area contributed by atoms with Gasteiger partial charge in [0.1, 0.15) is 17.1 Å². The van der Waals surface area contributed by atoms with Gasteiger partial charge in [-0.3, -0.25) is 14.3 Å². The summed E-state index contributed by atoms with van der Waals surface area (Å²) < 4.78 is 3.07. The molecule has 1 amide bonds. The number of hydrogen-bond acceptors (Lipinski definition) is 9. The standard InChI is InChI=1S/C30H34ClN9O3/c1-18-26(30(43)40(37(18)2)24-8-4-3-6-21(24)31)29(42)34-19-10-13-38(14-11-19)28-27(32)33-16-23(36-28)22-7-5-9-25(35-22)39-15-12-20(41)17-39/h3-9,16,19-20,41H,10-15,17H2,1-2H3,(H2,32,33)(H,34,42). The highest BCUT2D eigenvalue weighted by atomic mass is 35.5. The number of aromatic nitrogens is 5. The molecule has 224 valence electrons. The van der Waals surface area contributed by atoms with Gasteiger partial charge in [-0.2, -0.15) is 0 Å². The number of nitrogens with two attached hydrogens (primary N) is 1. The molecule has 6 rings (SSSR count). The van der Waals surface area contributed by atoms with Crippen LogP contribution in [-0.4, -0.2) is 73.7 Å². The molecule has 4 aromatic rings. The third kappa shape index (κ3) is 5.55. The van der Waals surface area contributed by atoms with E-state index < -0.39 is 11.5 Å². The van der Waals surface area contributed by atoms with Gasteiger partial charge in [0, 0.05) is 39.3 Å². The van der Waals surface area contributed by atoms with Crippen molar-refractivity contribution in [3.05, 3.63) is 75.3 Å². The summed E-state index contributed by atoms with van der Waals surface area (Å²) in [5, 5.41) is 13.4. The predicted octanol–water partition coefficient (Wildman–Crippen LogP) is 2.54. The minimum Gasteiger partial charge on any atom is -0.391 e. The number of carbonyl (C=O) groups excluding carboxylic acids is 1. The topological polar surface area (TPSA) is 147 Å². The molecule has 2 aliphatic rings. The average Bonchev–Trinajstić information content (AvgIpc) is 3.54. The molecule has 2 fully saturated rings. The molecule has 3 aromatic heterocycles. The van der Waals surface area contributed by atoms with Crippen molar-refractivity contribution in [3.63, 3.8) is 0 Å². The number of para-hydroxylation sites is 1. The van der Waals surface area contributed by atoms with Crippen molar-refractivity contribution in [3.8, 4) is 17.1 Å². The van der Waals surface area contributed by atoms with Crippen LogP contribution in [0.3, 0.4) is 0 Å². The number of aliphatic hydroxyl groups is 1. The molecule has 5 heterocycles. The van der Waals surface area contributed by atoms with Gasteiger partial charge < -0.3 is 26.0 Å². The largest absolute Gasteiger partial charge is 0.391 e. The van der Waals surface area contributed by atoms with Gasteiger partial charge in [-0.05, 0) is 50.5 Å². The van der Waals surface area contributed by atoms with Crippen LogP contribution in [0.1, 0.15) is 35.3 Å². The fraction of sp³-hybridized carbons (Fsp3) is 0.367. The van der Waals surface area contributed by atoms with Crippen LogP contribution >= 0.6 is 11.6 Å². The van der Waals surface area contributed by atoms with Gasteiger partial charge in [-0.25, -0.2) is 19.6 Å². The third-order valence-corrected chi connectivity index (χ3v) is 8.58. The number of pyridine rings is 1. The predicted molar refractivity (Wildman–Crippen MR) is 166 cm³/mol. The summed E-state index contributed by atoms with van der Waals surface area (Å²) in [4.78, 5) is 44.8. The Morgan fingerprint density at radius 1 is 1.02 bits per heavy atom. The van der Waals surface area contributed by atoms with Crippen molar-refractivity contribution < 1.29 is 9.90 Å². The van der Waals surface area contributed by atoms with Crippen molar-refractivity contribution in [1.82, 2.24) is 29.6 Å². The van der Waals surface area contributed by atoms with E-state index in [-0.39, 0.29) is 17.7 Å². The number of nitrogens with zero attached hydrogens (tertiary/aromatic N) is 7. The number of carbonyl (C=O) groups is 1. The van der Waals surface area contributed by atoms with Crippen molar-refractivity contribution in [2.75, 3.05) is 41.7 Å². The Morgan fingerprint density at radius 3 is 2.49 bits per heavy atom. The lowest BCUT2D eigenvalue weighted by atomic mass is 10.0. The monoisotopic (exact) mass is 603 g/mol. The van der Waals surface area contributed by atoms with E-state index in [1.54, 1.807) is 49.1 Å². The summed E-state index contributed by atoms with van der Waals surface area (Å²) in [6.07, 6.45) is 3.29. The minimum atomic E-state index is -0.415. The smallest absolute Gasteiger partial charge is 0.284 e. The summed E-state index contributed by atoms with van der Waals surface area (Å²) in [6, 6.07) is 12.6. The van der Waals surface area contributed by atoms with Gasteiger partial charge in [0.05, 0.1) is 34.4 Å². The van der Waals surface area contributed by atoms with Crippen molar-refractivity contribution in [2.45, 2.75) is 38.3 Å². The molecule has 0 aliphatic carbocycles. The van der Waals surface area contributed by atoms with Crippen LogP contribution in [-0.2, 0) is 7.05 Å². The maximum absolute atomic E-state index is 13.3. The first-order valence-corrected chi connectivity index (χ1v) is 14.7. The van der Waals surface area contributed by atoms with E-state index in [1.807, 2.05) is 18.2 Å². The van der Waals surface area contributed by atoms with Crippen LogP contribution in [0.25, 0.3) is 17.1 Å². The molecule has 0 bridgehead atoms. The second-order valence-electron chi connectivity index (χ2n) is 11.0. The Labute approximate surface area is 253 Å². The van der Waals surface area contributed by atoms with Crippen LogP contribution < -0.4 is 26.4 Å². The molecular formula is C30H34ClN9O3. The number of piperidine rings is 1. The van der Waals surface area contributed by atoms with Gasteiger partial charge >= 0.3 is 0 Å². The highest BCUT2D eigenvalue weighted by molar-refractivity contribution is 6.32. The lowest BCUT2D eigenvalue weighted by molar-refractivity contribution is 0.0929. The molecule has 12 nitrogen and oxygen atoms in total. The number of hydrogen-bond donors (Lipinski definition) is 3. The Bertz CT molecular complexity index is 1730. The van der Waals surface area contributed by atoms with Crippen LogP contribution in [0, 0.1) is 6.92 Å². The Hall–Kier alpha value is -4.42. The summed E-state index contributed by atoms with van der Waals surface area (Å²) >= 11 is 6.35. The summed E-state index contributed by atoms with van der Waals surface area (Å²) in [5.41, 5.74) is 8.30. The normalized spacial score (nSPS) is 17.4. The highest BCUT2D eigenvalue weighted by Gasteiger charge is 2.28. The number of aliphatic hydroxyl groups excluding tert-OH is 1. The second kappa shape index (κ2) is 11.7. The van der Waals surface area contributed by atoms with Crippen LogP contribution in [0.5, 0.6) is 0 Å². The van der Waals surface area contributed by atoms with E-state index in [0.29, 0.717) is 71.9 Å². The molecule has 1 unspecified atom stereocenters. The fourth-order valence-corrected chi connectivity index (χ4v) is 6.01. The van der Waals surface area contributed by atoms with E-state index in [2.05, 4.69) is 20.1 Å². The van der Waals surface area contributed by atoms with Crippen molar-refractivity contribution in [2.24, 2.45) is 7.05 Å². The van der Waals surface area contributed by atoms with Crippen molar-refractivity contribution in [1.29, 1.82) is 0 Å². The SMILES string of the molecule is Cc1c(C(=O)NC2CCN(c3nc(-c4cccc(N5CCC(O)C5)n4)cnc3N)CC2)c(=O)n(-c2ccccc2Cl)n1C. The fourth-order valence-electron chi connectivity index (χ4n) is 5.79. The van der Waals surface area contributed by atoms with Gasteiger partial charge in [0.25, 0.3) is 11.5 Å². The number of rotatable bonds is 6. The Kier molecular flexibility index (Phi) is 7.80. The van der Waals surface area contributed by atoms with Gasteiger partial charge in [0.15, 0.2) is 11.6 Å². The molecule has 2 saturated heterocycles. The Balaban J connectivity index is 1.14. The van der Waals surface area contributed by atoms with Gasteiger partial charge in [0.2, 0.25) is 0 Å². The zero-order chi connectivity index (χ0) is 30.2. The molecule has 2 aliphatic heterocycles. The van der Waals surface area contributed by atoms with E-state index in [4.69, 9.17) is 27.3 Å². The summed E-state index contributed by atoms with van der Waals surface area (Å²) in [7, 11) is 1.73. The molecule has 0 radical (unpaired) electrons. The Morgan fingerprint density at radius 2 is 1.77 bits per heavy atom. The molecule has 13 heteroatoms. The van der Waals surface area contributed by atoms with E-state index in [9.17, 15) is 14.7 Å². The molecule has 1 aromatic carbocycles. The molecule has 4 N–H and O–H groups in total. The number of amides is 1. The van der Waals surface area contributed by atoms with Gasteiger partial charge in [-0.1, -0.05) is 29.8 Å². The number of anilines is 3. The molecule has 1 atom stereocenters. The summed E-state index contributed by atoms with van der Waals surface area (Å²) in [5.74, 6) is 1.29. The van der Waals surface area contributed by atoms with Crippen LogP contribution in [0.15, 0.2) is 53.5 Å². The number of nitrogen functional groups attached to an aromatic ring is 1. The van der Waals surface area contributed by atoms with Crippen molar-refractivity contribution >= 4 is 35.0 Å². The first-order valence-electron chi connectivity index (χ1n) is 14.3. The zero-order valence-corrected chi connectivity index (χ0v) is 24.8. The van der Waals surface area contributed by atoms with Crippen LogP contribution in [0.2, 0.25) is 5.02 Å². The lowest BCUT2D eigenvalue weighted by Crippen LogP contribution is -2.46. The average molecular weight is 604 g/mol. The maximum atomic E-state index is 13.3. The number of β-amino-alcohol motifs (C(OH)–C–C–N with tert-alkyl or cyclic N) is 1. The van der Waals surface area contributed by atoms with E-state index >= 15 is 0 Å². The third-order valence-electron chi connectivity index (χ3n) is 8.26. The van der Waals surface area contributed by atoms with E-state index in [1.165, 1.54) is 4.68 Å². The first kappa shape index (κ1) is 28.7.